The number of hydrogen-bond donors (Lipinski definition) is 0. The highest BCUT2D eigenvalue weighted by atomic mass is 32.3. The predicted molar refractivity (Wildman–Crippen MR) is 126 cm³/mol. The van der Waals surface area contributed by atoms with Gasteiger partial charge in [0.25, 0.3) is 0 Å². The molecule has 4 aliphatic heterocycles. The average molecular weight is 475 g/mol. The summed E-state index contributed by atoms with van der Waals surface area (Å²) in [6.07, 6.45) is 4.45. The molecule has 0 bridgehead atoms. The van der Waals surface area contributed by atoms with Crippen molar-refractivity contribution in [1.29, 1.82) is 0 Å². The van der Waals surface area contributed by atoms with Gasteiger partial charge in [0, 0.05) is 0 Å². The van der Waals surface area contributed by atoms with E-state index in [2.05, 4.69) is 46.9 Å². The topological polar surface area (TPSA) is 0 Å². The Balaban J connectivity index is 1.41. The van der Waals surface area contributed by atoms with Crippen LogP contribution in [-0.4, -0.2) is 21.7 Å². The molecule has 0 unspecified atom stereocenters. The summed E-state index contributed by atoms with van der Waals surface area (Å²) < 4.78 is 10.4. The van der Waals surface area contributed by atoms with E-state index >= 15 is 0 Å². The van der Waals surface area contributed by atoms with E-state index in [-0.39, 0.29) is 0 Å². The number of thioether (sulfide) groups is 10. The molecule has 0 amide bonds. The van der Waals surface area contributed by atoms with Gasteiger partial charge in [-0.3, -0.25) is 0 Å². The van der Waals surface area contributed by atoms with Gasteiger partial charge in [-0.25, -0.2) is 0 Å². The molecule has 4 aliphatic rings. The minimum atomic E-state index is 0.673. The fourth-order valence-electron chi connectivity index (χ4n) is 1.84. The maximum Gasteiger partial charge on any atom is 0.0817 e. The molecule has 0 atom stereocenters. The summed E-state index contributed by atoms with van der Waals surface area (Å²) in [5, 5.41) is 4.39. The van der Waals surface area contributed by atoms with Crippen LogP contribution in [0.25, 0.3) is 0 Å². The molecule has 0 saturated heterocycles. The van der Waals surface area contributed by atoms with E-state index in [1.807, 2.05) is 94.1 Å². The normalized spacial score (nSPS) is 25.0. The van der Waals surface area contributed by atoms with Crippen LogP contribution in [0.4, 0.5) is 0 Å². The molecule has 0 aromatic rings. The third-order valence-electron chi connectivity index (χ3n) is 2.78. The monoisotopic (exact) mass is 474 g/mol. The maximum absolute atomic E-state index is 2.23. The average Bonchev–Trinajstić information content (AvgIpc) is 3.19. The first-order valence-corrected chi connectivity index (χ1v) is 15.5. The lowest BCUT2D eigenvalue weighted by Crippen LogP contribution is -2.09. The molecule has 0 N–H and O–H groups in total. The van der Waals surface area contributed by atoms with E-state index < -0.39 is 0 Å². The van der Waals surface area contributed by atoms with Crippen molar-refractivity contribution in [2.45, 2.75) is 9.16 Å². The van der Waals surface area contributed by atoms with Gasteiger partial charge in [0.1, 0.15) is 0 Å². The second kappa shape index (κ2) is 8.00. The molecule has 0 saturated carbocycles. The van der Waals surface area contributed by atoms with Crippen LogP contribution >= 0.6 is 118 Å². The SMILES string of the molecule is CSC(SC)C1SC2=C(SC(=C3SC4=C(SC=CS4)S3)S2)S1. The summed E-state index contributed by atoms with van der Waals surface area (Å²) in [6.45, 7) is 0. The first-order valence-electron chi connectivity index (χ1n) is 6.10. The van der Waals surface area contributed by atoms with Crippen molar-refractivity contribution in [3.63, 3.8) is 0 Å². The van der Waals surface area contributed by atoms with Crippen LogP contribution in [0.5, 0.6) is 0 Å². The highest BCUT2D eigenvalue weighted by Gasteiger charge is 2.39. The van der Waals surface area contributed by atoms with Gasteiger partial charge in [-0.2, -0.15) is 0 Å². The molecule has 0 aromatic carbocycles. The summed E-state index contributed by atoms with van der Waals surface area (Å²) in [5.41, 5.74) is 0. The van der Waals surface area contributed by atoms with Crippen LogP contribution in [0.15, 0.2) is 36.2 Å². The molecule has 22 heavy (non-hydrogen) atoms. The minimum absolute atomic E-state index is 0.673. The Kier molecular flexibility index (Phi) is 6.49. The van der Waals surface area contributed by atoms with Gasteiger partial charge in [0.15, 0.2) is 0 Å². The molecule has 10 heteroatoms. The number of hydrogen-bond acceptors (Lipinski definition) is 10. The van der Waals surface area contributed by atoms with Gasteiger partial charge in [-0.1, -0.05) is 70.6 Å². The van der Waals surface area contributed by atoms with Gasteiger partial charge in [-0.15, -0.1) is 47.0 Å². The van der Waals surface area contributed by atoms with E-state index in [0.29, 0.717) is 9.16 Å². The Morgan fingerprint density at radius 3 is 1.64 bits per heavy atom. The van der Waals surface area contributed by atoms with Crippen molar-refractivity contribution in [2.75, 3.05) is 12.5 Å². The summed E-state index contributed by atoms with van der Waals surface area (Å²) in [4.78, 5) is 0. The van der Waals surface area contributed by atoms with Crippen LogP contribution in [0, 0.1) is 0 Å². The smallest absolute Gasteiger partial charge is 0.0817 e. The molecule has 0 aromatic heterocycles. The van der Waals surface area contributed by atoms with E-state index in [9.17, 15) is 0 Å². The van der Waals surface area contributed by atoms with Crippen molar-refractivity contribution >= 4 is 118 Å². The first kappa shape index (κ1) is 17.9. The second-order valence-electron chi connectivity index (χ2n) is 4.08. The van der Waals surface area contributed by atoms with Crippen molar-refractivity contribution in [3.8, 4) is 0 Å². The lowest BCUT2D eigenvalue weighted by Gasteiger charge is -2.19. The quantitative estimate of drug-likeness (QED) is 0.366. The Labute approximate surface area is 173 Å². The number of rotatable bonds is 3. The largest absolute Gasteiger partial charge is 0.149 e. The highest BCUT2D eigenvalue weighted by Crippen LogP contribution is 2.71. The Bertz CT molecular complexity index is 569. The van der Waals surface area contributed by atoms with Gasteiger partial charge >= 0.3 is 0 Å². The predicted octanol–water partition coefficient (Wildman–Crippen LogP) is 8.14. The molecule has 0 aliphatic carbocycles. The van der Waals surface area contributed by atoms with Gasteiger partial charge in [0.2, 0.25) is 0 Å². The third-order valence-corrected chi connectivity index (χ3v) is 17.9. The van der Waals surface area contributed by atoms with Crippen molar-refractivity contribution < 1.29 is 0 Å². The molecule has 0 radical (unpaired) electrons. The highest BCUT2D eigenvalue weighted by molar-refractivity contribution is 8.48. The lowest BCUT2D eigenvalue weighted by molar-refractivity contribution is 1.38. The van der Waals surface area contributed by atoms with Crippen molar-refractivity contribution in [2.24, 2.45) is 0 Å². The van der Waals surface area contributed by atoms with Crippen LogP contribution < -0.4 is 0 Å². The van der Waals surface area contributed by atoms with E-state index in [4.69, 9.17) is 0 Å². The van der Waals surface area contributed by atoms with Crippen LogP contribution in [0.1, 0.15) is 0 Å². The molecule has 118 valence electrons. The molecule has 4 rings (SSSR count). The van der Waals surface area contributed by atoms with Crippen LogP contribution in [0.2, 0.25) is 0 Å². The molecule has 0 spiro atoms. The molecular formula is C12H10S10. The Hall–Kier alpha value is 2.46. The van der Waals surface area contributed by atoms with Gasteiger partial charge in [0.05, 0.1) is 34.6 Å². The molecule has 0 fully saturated rings. The third kappa shape index (κ3) is 3.62. The molecular weight excluding hydrogens is 465 g/mol. The summed E-state index contributed by atoms with van der Waals surface area (Å²) in [7, 11) is 0. The van der Waals surface area contributed by atoms with Crippen molar-refractivity contribution in [1.82, 2.24) is 0 Å². The van der Waals surface area contributed by atoms with Crippen molar-refractivity contribution in [3.05, 3.63) is 36.2 Å². The summed E-state index contributed by atoms with van der Waals surface area (Å²) >= 11 is 19.8. The zero-order valence-electron chi connectivity index (χ0n) is 11.4. The van der Waals surface area contributed by atoms with Gasteiger partial charge < -0.3 is 0 Å². The van der Waals surface area contributed by atoms with Gasteiger partial charge in [-0.05, 0) is 23.3 Å². The molecule has 4 heterocycles. The lowest BCUT2D eigenvalue weighted by atomic mass is 10.9. The van der Waals surface area contributed by atoms with E-state index in [1.165, 1.54) is 16.9 Å². The fourth-order valence-corrected chi connectivity index (χ4v) is 17.1. The second-order valence-corrected chi connectivity index (χ2v) is 16.4. The fraction of sp³-hybridized carbons (Fsp3) is 0.333. The standard InChI is InChI=1S/C12H10S10/c1-13-5(14-2)8-19-11-12(20-8)22-10(21-11)9-17-6-7(18-9)16-4-3-15-6/h3-5,8H,1-2H3. The minimum Gasteiger partial charge on any atom is -0.149 e. The zero-order chi connectivity index (χ0) is 15.1. The Morgan fingerprint density at radius 1 is 0.727 bits per heavy atom. The maximum atomic E-state index is 2.23. The van der Waals surface area contributed by atoms with E-state index in [1.54, 1.807) is 8.47 Å². The van der Waals surface area contributed by atoms with Crippen LogP contribution in [0.3, 0.4) is 0 Å². The zero-order valence-corrected chi connectivity index (χ0v) is 19.6. The summed E-state index contributed by atoms with van der Waals surface area (Å²) in [5.74, 6) is 0. The van der Waals surface area contributed by atoms with E-state index in [0.717, 1.165) is 0 Å². The Morgan fingerprint density at radius 2 is 1.18 bits per heavy atom. The molecule has 0 nitrogen and oxygen atoms in total. The summed E-state index contributed by atoms with van der Waals surface area (Å²) in [6, 6.07) is 0. The van der Waals surface area contributed by atoms with Crippen LogP contribution in [-0.2, 0) is 0 Å². The first-order chi connectivity index (χ1) is 10.8.